The fraction of sp³-hybridized carbons (Fsp3) is 0.0588. The van der Waals surface area contributed by atoms with E-state index in [1.54, 1.807) is 6.92 Å². The summed E-state index contributed by atoms with van der Waals surface area (Å²) in [6.07, 6.45) is 1.53. The molecule has 0 unspecified atom stereocenters. The Morgan fingerprint density at radius 1 is 1.20 bits per heavy atom. The first-order valence-electron chi connectivity index (χ1n) is 7.05. The van der Waals surface area contributed by atoms with Crippen molar-refractivity contribution in [3.63, 3.8) is 0 Å². The maximum absolute atomic E-state index is 12.3. The Labute approximate surface area is 147 Å². The van der Waals surface area contributed by atoms with Crippen LogP contribution >= 0.6 is 11.6 Å². The third-order valence-electron chi connectivity index (χ3n) is 3.31. The Bertz CT molecular complexity index is 875. The molecule has 0 bridgehead atoms. The first-order chi connectivity index (χ1) is 11.8. The van der Waals surface area contributed by atoms with Gasteiger partial charge in [0.1, 0.15) is 0 Å². The minimum absolute atomic E-state index is 0.0516. The van der Waals surface area contributed by atoms with E-state index in [4.69, 9.17) is 16.7 Å². The largest absolute Gasteiger partial charge is 0.478 e. The summed E-state index contributed by atoms with van der Waals surface area (Å²) < 4.78 is 0. The lowest BCUT2D eigenvalue weighted by atomic mass is 10.1. The summed E-state index contributed by atoms with van der Waals surface area (Å²) in [5.74, 6) is -1.70. The SMILES string of the molecule is CC(=Cc1ccc([N+](=O)[O-])cc1)C(=O)Nc1cc(Cl)ccc1C(=O)O. The van der Waals surface area contributed by atoms with E-state index in [1.165, 1.54) is 48.5 Å². The second-order valence-corrected chi connectivity index (χ2v) is 5.56. The van der Waals surface area contributed by atoms with Crippen LogP contribution in [0.15, 0.2) is 48.0 Å². The Balaban J connectivity index is 2.21. The molecule has 2 N–H and O–H groups in total. The number of rotatable bonds is 5. The molecule has 0 heterocycles. The number of carbonyl (C=O) groups is 2. The minimum atomic E-state index is -1.19. The number of halogens is 1. The highest BCUT2D eigenvalue weighted by Gasteiger charge is 2.14. The maximum atomic E-state index is 12.3. The van der Waals surface area contributed by atoms with Crippen LogP contribution in [-0.2, 0) is 4.79 Å². The lowest BCUT2D eigenvalue weighted by Crippen LogP contribution is -2.15. The van der Waals surface area contributed by atoms with Gasteiger partial charge in [-0.25, -0.2) is 4.79 Å². The van der Waals surface area contributed by atoms with Crippen molar-refractivity contribution in [3.05, 3.63) is 74.3 Å². The lowest BCUT2D eigenvalue weighted by Gasteiger charge is -2.09. The number of nitrogens with one attached hydrogen (secondary N) is 1. The molecular formula is C17H13ClN2O5. The van der Waals surface area contributed by atoms with E-state index < -0.39 is 16.8 Å². The van der Waals surface area contributed by atoms with E-state index in [0.29, 0.717) is 11.1 Å². The Kier molecular flexibility index (Phi) is 5.51. The van der Waals surface area contributed by atoms with Gasteiger partial charge in [0, 0.05) is 22.7 Å². The van der Waals surface area contributed by atoms with Gasteiger partial charge < -0.3 is 10.4 Å². The summed E-state index contributed by atoms with van der Waals surface area (Å²) in [6.45, 7) is 1.54. The molecule has 0 aliphatic carbocycles. The number of hydrogen-bond donors (Lipinski definition) is 2. The van der Waals surface area contributed by atoms with Crippen molar-refractivity contribution >= 4 is 40.9 Å². The summed E-state index contributed by atoms with van der Waals surface area (Å²) in [6, 6.07) is 9.75. The van der Waals surface area contributed by atoms with E-state index in [0.717, 1.165) is 0 Å². The van der Waals surface area contributed by atoms with Gasteiger partial charge in [0.25, 0.3) is 11.6 Å². The van der Waals surface area contributed by atoms with Gasteiger partial charge in [-0.2, -0.15) is 0 Å². The van der Waals surface area contributed by atoms with Crippen LogP contribution in [-0.4, -0.2) is 21.9 Å². The average Bonchev–Trinajstić information content (AvgIpc) is 2.55. The molecule has 0 atom stereocenters. The highest BCUT2D eigenvalue weighted by Crippen LogP contribution is 2.22. The molecule has 0 fully saturated rings. The van der Waals surface area contributed by atoms with Gasteiger partial charge in [-0.15, -0.1) is 0 Å². The lowest BCUT2D eigenvalue weighted by molar-refractivity contribution is -0.384. The van der Waals surface area contributed by atoms with Crippen LogP contribution < -0.4 is 5.32 Å². The number of nitrogens with zero attached hydrogens (tertiary/aromatic N) is 1. The monoisotopic (exact) mass is 360 g/mol. The molecule has 0 aromatic heterocycles. The normalized spacial score (nSPS) is 11.0. The van der Waals surface area contributed by atoms with Crippen molar-refractivity contribution in [3.8, 4) is 0 Å². The van der Waals surface area contributed by atoms with Gasteiger partial charge in [0.2, 0.25) is 0 Å². The summed E-state index contributed by atoms with van der Waals surface area (Å²) in [4.78, 5) is 33.6. The number of non-ortho nitro benzene ring substituents is 1. The van der Waals surface area contributed by atoms with Crippen LogP contribution in [0.1, 0.15) is 22.8 Å². The molecule has 0 radical (unpaired) electrons. The van der Waals surface area contributed by atoms with Crippen molar-refractivity contribution in [2.75, 3.05) is 5.32 Å². The van der Waals surface area contributed by atoms with Gasteiger partial charge in [-0.1, -0.05) is 11.6 Å². The van der Waals surface area contributed by atoms with Crippen molar-refractivity contribution in [2.24, 2.45) is 0 Å². The number of carbonyl (C=O) groups excluding carboxylic acids is 1. The summed E-state index contributed by atoms with van der Waals surface area (Å²) in [5, 5.41) is 22.6. The van der Waals surface area contributed by atoms with Crippen molar-refractivity contribution < 1.29 is 19.6 Å². The topological polar surface area (TPSA) is 110 Å². The van der Waals surface area contributed by atoms with Gasteiger partial charge in [0.05, 0.1) is 16.2 Å². The summed E-state index contributed by atoms with van der Waals surface area (Å²) in [7, 11) is 0. The zero-order chi connectivity index (χ0) is 18.6. The second kappa shape index (κ2) is 7.59. The molecule has 0 saturated heterocycles. The van der Waals surface area contributed by atoms with Crippen molar-refractivity contribution in [1.29, 1.82) is 0 Å². The number of anilines is 1. The number of aromatic carboxylic acids is 1. The fourth-order valence-electron chi connectivity index (χ4n) is 2.04. The number of benzene rings is 2. The zero-order valence-corrected chi connectivity index (χ0v) is 13.8. The second-order valence-electron chi connectivity index (χ2n) is 5.13. The van der Waals surface area contributed by atoms with Gasteiger partial charge in [-0.05, 0) is 48.9 Å². The van der Waals surface area contributed by atoms with Crippen LogP contribution in [0.2, 0.25) is 5.02 Å². The maximum Gasteiger partial charge on any atom is 0.337 e. The quantitative estimate of drug-likeness (QED) is 0.476. The van der Waals surface area contributed by atoms with Crippen LogP contribution in [0.5, 0.6) is 0 Å². The molecule has 128 valence electrons. The fourth-order valence-corrected chi connectivity index (χ4v) is 2.21. The molecular weight excluding hydrogens is 348 g/mol. The molecule has 25 heavy (non-hydrogen) atoms. The molecule has 2 aromatic rings. The number of nitro groups is 1. The number of amides is 1. The predicted molar refractivity (Wildman–Crippen MR) is 93.8 cm³/mol. The number of nitro benzene ring substituents is 1. The minimum Gasteiger partial charge on any atom is -0.478 e. The third kappa shape index (κ3) is 4.65. The Morgan fingerprint density at radius 2 is 1.84 bits per heavy atom. The molecule has 7 nitrogen and oxygen atoms in total. The van der Waals surface area contributed by atoms with E-state index in [1.807, 2.05) is 0 Å². The molecule has 2 rings (SSSR count). The molecule has 0 aliphatic rings. The third-order valence-corrected chi connectivity index (χ3v) is 3.54. The highest BCUT2D eigenvalue weighted by atomic mass is 35.5. The van der Waals surface area contributed by atoms with Crippen LogP contribution in [0.4, 0.5) is 11.4 Å². The summed E-state index contributed by atoms with van der Waals surface area (Å²) in [5.41, 5.74) is 0.847. The van der Waals surface area contributed by atoms with E-state index in [9.17, 15) is 19.7 Å². The first-order valence-corrected chi connectivity index (χ1v) is 7.42. The smallest absolute Gasteiger partial charge is 0.337 e. The van der Waals surface area contributed by atoms with Crippen LogP contribution in [0, 0.1) is 10.1 Å². The van der Waals surface area contributed by atoms with Crippen molar-refractivity contribution in [2.45, 2.75) is 6.92 Å². The Morgan fingerprint density at radius 3 is 2.40 bits per heavy atom. The van der Waals surface area contributed by atoms with E-state index >= 15 is 0 Å². The van der Waals surface area contributed by atoms with Gasteiger partial charge in [0.15, 0.2) is 0 Å². The Hall–Kier alpha value is -3.19. The molecule has 0 spiro atoms. The molecule has 2 aromatic carbocycles. The molecule has 8 heteroatoms. The van der Waals surface area contributed by atoms with Gasteiger partial charge in [-0.3, -0.25) is 14.9 Å². The average molecular weight is 361 g/mol. The molecule has 0 saturated carbocycles. The molecule has 0 aliphatic heterocycles. The molecule has 1 amide bonds. The van der Waals surface area contributed by atoms with Crippen molar-refractivity contribution in [1.82, 2.24) is 0 Å². The number of hydrogen-bond acceptors (Lipinski definition) is 4. The predicted octanol–water partition coefficient (Wildman–Crippen LogP) is 3.99. The van der Waals surface area contributed by atoms with Crippen LogP contribution in [0.3, 0.4) is 0 Å². The summed E-state index contributed by atoms with van der Waals surface area (Å²) >= 11 is 5.84. The standard InChI is InChI=1S/C17H13ClN2O5/c1-10(8-11-2-5-13(6-3-11)20(24)25)16(21)19-15-9-12(18)4-7-14(15)17(22)23/h2-9H,1H3,(H,19,21)(H,22,23). The van der Waals surface area contributed by atoms with E-state index in [-0.39, 0.29) is 22.0 Å². The number of carboxylic acids is 1. The first kappa shape index (κ1) is 18.2. The zero-order valence-electron chi connectivity index (χ0n) is 13.0. The highest BCUT2D eigenvalue weighted by molar-refractivity contribution is 6.31. The number of carboxylic acid groups (broad SMARTS) is 1. The van der Waals surface area contributed by atoms with Gasteiger partial charge >= 0.3 is 5.97 Å². The van der Waals surface area contributed by atoms with Crippen LogP contribution in [0.25, 0.3) is 6.08 Å². The van der Waals surface area contributed by atoms with E-state index in [2.05, 4.69) is 5.32 Å².